The molecule has 0 heterocycles. The molecule has 0 aromatic carbocycles. The number of likely N-dealkylation sites (N-methyl/N-ethyl adjacent to an activating group) is 1. The number of phosphoric acid groups is 1. The van der Waals surface area contributed by atoms with Gasteiger partial charge in [-0.15, -0.1) is 0 Å². The van der Waals surface area contributed by atoms with Crippen molar-refractivity contribution in [2.24, 2.45) is 0 Å². The predicted octanol–water partition coefficient (Wildman–Crippen LogP) is 15.5. The molecular weight excluding hydrogens is 828 g/mol. The molecule has 65 heavy (non-hydrogen) atoms. The molecule has 0 spiro atoms. The summed E-state index contributed by atoms with van der Waals surface area (Å²) >= 11 is 0. The van der Waals surface area contributed by atoms with Gasteiger partial charge in [-0.2, -0.15) is 0 Å². The highest BCUT2D eigenvalue weighted by molar-refractivity contribution is 7.45. The fourth-order valence-corrected chi connectivity index (χ4v) is 8.50. The molecule has 3 atom stereocenters. The van der Waals surface area contributed by atoms with Crippen LogP contribution < -0.4 is 10.2 Å². The molecule has 3 unspecified atom stereocenters. The van der Waals surface area contributed by atoms with E-state index in [1.807, 2.05) is 21.1 Å². The molecule has 9 heteroatoms. The molecule has 1 amide bonds. The number of quaternary nitrogens is 1. The maximum absolute atomic E-state index is 12.9. The zero-order valence-electron chi connectivity index (χ0n) is 43.2. The number of amides is 1. The van der Waals surface area contributed by atoms with E-state index < -0.39 is 20.0 Å². The van der Waals surface area contributed by atoms with E-state index in [2.05, 4.69) is 79.9 Å². The first-order valence-corrected chi connectivity index (χ1v) is 28.6. The fraction of sp³-hybridized carbons (Fsp3) is 0.804. The smallest absolute Gasteiger partial charge is 0.268 e. The van der Waals surface area contributed by atoms with Crippen molar-refractivity contribution in [2.45, 2.75) is 251 Å². The van der Waals surface area contributed by atoms with E-state index in [1.54, 1.807) is 0 Å². The van der Waals surface area contributed by atoms with Gasteiger partial charge in [0, 0.05) is 6.42 Å². The number of phosphoric ester groups is 1. The zero-order chi connectivity index (χ0) is 47.8. The summed E-state index contributed by atoms with van der Waals surface area (Å²) in [5.41, 5.74) is 0. The molecule has 0 fully saturated rings. The Kier molecular flexibility index (Phi) is 46.0. The van der Waals surface area contributed by atoms with Gasteiger partial charge in [0.15, 0.2) is 0 Å². The number of nitrogens with one attached hydrogen (secondary N) is 1. The number of hydrogen-bond donors (Lipinski definition) is 2. The Labute approximate surface area is 402 Å². The van der Waals surface area contributed by atoms with Gasteiger partial charge in [-0.25, -0.2) is 0 Å². The molecule has 8 nitrogen and oxygen atoms in total. The largest absolute Gasteiger partial charge is 0.756 e. The molecule has 0 rings (SSSR count). The molecule has 0 aliphatic rings. The number of aliphatic hydroxyl groups is 1. The average molecular weight is 933 g/mol. The Morgan fingerprint density at radius 3 is 1.35 bits per heavy atom. The second-order valence-corrected chi connectivity index (χ2v) is 21.0. The number of hydrogen-bond acceptors (Lipinski definition) is 6. The molecule has 0 saturated carbocycles. The number of rotatable bonds is 49. The van der Waals surface area contributed by atoms with Crippen LogP contribution in [0, 0.1) is 0 Å². The second kappa shape index (κ2) is 47.3. The number of unbranched alkanes of at least 4 members (excludes halogenated alkanes) is 26. The maximum atomic E-state index is 12.9. The van der Waals surface area contributed by atoms with E-state index >= 15 is 0 Å². The van der Waals surface area contributed by atoms with Crippen LogP contribution in [0.3, 0.4) is 0 Å². The quantitative estimate of drug-likeness (QED) is 0.0272. The highest BCUT2D eigenvalue weighted by atomic mass is 31.2. The van der Waals surface area contributed by atoms with Crippen LogP contribution in [-0.4, -0.2) is 68.5 Å². The van der Waals surface area contributed by atoms with Gasteiger partial charge in [-0.1, -0.05) is 235 Å². The number of nitrogens with zero attached hydrogens (tertiary/aromatic N) is 1. The molecular formula is C56H105N2O6P. The fourth-order valence-electron chi connectivity index (χ4n) is 7.77. The van der Waals surface area contributed by atoms with Crippen LogP contribution in [0.4, 0.5) is 0 Å². The zero-order valence-corrected chi connectivity index (χ0v) is 44.1. The summed E-state index contributed by atoms with van der Waals surface area (Å²) < 4.78 is 23.4. The summed E-state index contributed by atoms with van der Waals surface area (Å²) in [4.78, 5) is 25.5. The average Bonchev–Trinajstić information content (AvgIpc) is 3.26. The summed E-state index contributed by atoms with van der Waals surface area (Å²) in [5, 5.41) is 14.0. The Morgan fingerprint density at radius 1 is 0.554 bits per heavy atom. The van der Waals surface area contributed by atoms with Crippen molar-refractivity contribution < 1.29 is 32.9 Å². The highest BCUT2D eigenvalue weighted by Gasteiger charge is 2.24. The van der Waals surface area contributed by atoms with Crippen LogP contribution in [-0.2, 0) is 18.4 Å². The van der Waals surface area contributed by atoms with Crippen molar-refractivity contribution in [3.05, 3.63) is 60.8 Å². The molecule has 0 aromatic rings. The van der Waals surface area contributed by atoms with E-state index in [9.17, 15) is 19.4 Å². The lowest BCUT2D eigenvalue weighted by Gasteiger charge is -2.30. The Morgan fingerprint density at radius 2 is 0.938 bits per heavy atom. The molecule has 0 aliphatic carbocycles. The topological polar surface area (TPSA) is 108 Å². The van der Waals surface area contributed by atoms with Crippen molar-refractivity contribution in [3.8, 4) is 0 Å². The summed E-state index contributed by atoms with van der Waals surface area (Å²) in [7, 11) is 1.28. The van der Waals surface area contributed by atoms with Crippen LogP contribution >= 0.6 is 7.82 Å². The van der Waals surface area contributed by atoms with Crippen molar-refractivity contribution >= 4 is 13.7 Å². The minimum absolute atomic E-state index is 0.00299. The highest BCUT2D eigenvalue weighted by Crippen LogP contribution is 2.38. The Balaban J connectivity index is 4.26. The van der Waals surface area contributed by atoms with Gasteiger partial charge >= 0.3 is 0 Å². The molecule has 380 valence electrons. The lowest BCUT2D eigenvalue weighted by molar-refractivity contribution is -0.870. The first-order chi connectivity index (χ1) is 31.5. The lowest BCUT2D eigenvalue weighted by atomic mass is 10.0. The third kappa shape index (κ3) is 49.9. The van der Waals surface area contributed by atoms with E-state index in [4.69, 9.17) is 9.05 Å². The molecule has 0 bridgehead atoms. The number of allylic oxidation sites excluding steroid dienone is 10. The van der Waals surface area contributed by atoms with Gasteiger partial charge in [-0.3, -0.25) is 9.36 Å². The van der Waals surface area contributed by atoms with Gasteiger partial charge in [0.2, 0.25) is 5.91 Å². The van der Waals surface area contributed by atoms with Gasteiger partial charge in [0.05, 0.1) is 39.9 Å². The Hall–Kier alpha value is -1.80. The Bertz CT molecular complexity index is 1240. The van der Waals surface area contributed by atoms with Gasteiger partial charge < -0.3 is 28.8 Å². The lowest BCUT2D eigenvalue weighted by Crippen LogP contribution is -2.46. The minimum Gasteiger partial charge on any atom is -0.756 e. The maximum Gasteiger partial charge on any atom is 0.268 e. The van der Waals surface area contributed by atoms with Crippen molar-refractivity contribution in [3.63, 3.8) is 0 Å². The van der Waals surface area contributed by atoms with Crippen LogP contribution in [0.2, 0.25) is 0 Å². The number of carbonyl (C=O) groups is 1. The van der Waals surface area contributed by atoms with E-state index in [-0.39, 0.29) is 19.1 Å². The van der Waals surface area contributed by atoms with Crippen LogP contribution in [0.5, 0.6) is 0 Å². The summed E-state index contributed by atoms with van der Waals surface area (Å²) in [6.45, 7) is 4.60. The summed E-state index contributed by atoms with van der Waals surface area (Å²) in [5.74, 6) is -0.196. The van der Waals surface area contributed by atoms with Crippen LogP contribution in [0.25, 0.3) is 0 Å². The van der Waals surface area contributed by atoms with Gasteiger partial charge in [0.25, 0.3) is 7.82 Å². The monoisotopic (exact) mass is 933 g/mol. The predicted molar refractivity (Wildman–Crippen MR) is 279 cm³/mol. The molecule has 0 radical (unpaired) electrons. The van der Waals surface area contributed by atoms with E-state index in [0.717, 1.165) is 77.0 Å². The van der Waals surface area contributed by atoms with E-state index in [1.165, 1.54) is 135 Å². The second-order valence-electron chi connectivity index (χ2n) is 19.6. The SMILES string of the molecule is CC/C=C\C/C=C\C/C=C\C/C=C\C/C=C\CCCCCC(=O)NC(COP(=O)([O-])OCC[N+](C)(C)C)C(O)CCCCCCCCCCCCCCCCCCCCCCCCCC. The van der Waals surface area contributed by atoms with E-state index in [0.29, 0.717) is 23.9 Å². The van der Waals surface area contributed by atoms with Crippen molar-refractivity contribution in [1.82, 2.24) is 5.32 Å². The first-order valence-electron chi connectivity index (χ1n) is 27.1. The van der Waals surface area contributed by atoms with Crippen LogP contribution in [0.1, 0.15) is 239 Å². The third-order valence-corrected chi connectivity index (χ3v) is 13.0. The number of aliphatic hydroxyl groups excluding tert-OH is 1. The van der Waals surface area contributed by atoms with Gasteiger partial charge in [0.1, 0.15) is 13.2 Å². The third-order valence-electron chi connectivity index (χ3n) is 12.0. The summed E-state index contributed by atoms with van der Waals surface area (Å²) in [6.07, 6.45) is 62.5. The minimum atomic E-state index is -4.58. The normalized spacial score (nSPS) is 14.5. The number of carbonyl (C=O) groups excluding carboxylic acids is 1. The standard InChI is InChI=1S/C56H105N2O6P/c1-6-8-10-12-14-16-18-20-22-24-26-27-28-29-30-32-33-35-37-39-41-43-45-47-49-55(59)54(53-64-65(61,62)63-52-51-58(3,4)5)57-56(60)50-48-46-44-42-40-38-36-34-31-25-23-21-19-17-15-13-11-9-7-2/h9,11,15,17,21,23,31,34,38,40,54-55,59H,6-8,10,12-14,16,18-20,22,24-30,32-33,35-37,39,41-53H2,1-5H3,(H-,57,60,61,62)/b11-9-,17-15-,23-21-,34-31-,40-38-. The molecule has 2 N–H and O–H groups in total. The van der Waals surface area contributed by atoms with Crippen LogP contribution in [0.15, 0.2) is 60.8 Å². The van der Waals surface area contributed by atoms with Crippen molar-refractivity contribution in [1.29, 1.82) is 0 Å². The summed E-state index contributed by atoms with van der Waals surface area (Å²) in [6, 6.07) is -0.822. The molecule has 0 saturated heterocycles. The van der Waals surface area contributed by atoms with Crippen molar-refractivity contribution in [2.75, 3.05) is 40.9 Å². The molecule has 0 aliphatic heterocycles. The first kappa shape index (κ1) is 63.2. The molecule has 0 aromatic heterocycles. The van der Waals surface area contributed by atoms with Gasteiger partial charge in [-0.05, 0) is 57.8 Å².